The van der Waals surface area contributed by atoms with E-state index in [0.29, 0.717) is 11.7 Å². The second-order valence-electron chi connectivity index (χ2n) is 3.32. The zero-order valence-corrected chi connectivity index (χ0v) is 9.65. The van der Waals surface area contributed by atoms with Crippen LogP contribution in [0.25, 0.3) is 0 Å². The third-order valence-electron chi connectivity index (χ3n) is 2.03. The molecule has 1 aromatic carbocycles. The number of benzene rings is 1. The Bertz CT molecular complexity index is 374. The largest absolute Gasteiger partial charge is 0.490 e. The molecule has 0 spiro atoms. The van der Waals surface area contributed by atoms with Gasteiger partial charge in [0.25, 0.3) is 0 Å². The molecule has 0 aliphatic heterocycles. The summed E-state index contributed by atoms with van der Waals surface area (Å²) in [7, 11) is 0. The van der Waals surface area contributed by atoms with Crippen molar-refractivity contribution in [2.45, 2.75) is 18.9 Å². The number of ether oxygens (including phenoxy) is 1. The van der Waals surface area contributed by atoms with Crippen LogP contribution in [0, 0.1) is 3.57 Å². The Balaban J connectivity index is 2.24. The van der Waals surface area contributed by atoms with E-state index in [9.17, 15) is 4.79 Å². The lowest BCUT2D eigenvalue weighted by atomic mass is 10.2. The third-order valence-corrected chi connectivity index (χ3v) is 2.97. The van der Waals surface area contributed by atoms with Crippen LogP contribution >= 0.6 is 22.6 Å². The van der Waals surface area contributed by atoms with E-state index in [1.54, 1.807) is 6.07 Å². The molecular weight excluding hydrogens is 293 g/mol. The second-order valence-corrected chi connectivity index (χ2v) is 4.49. The summed E-state index contributed by atoms with van der Waals surface area (Å²) in [6.07, 6.45) is 2.56. The highest BCUT2D eigenvalue weighted by molar-refractivity contribution is 14.1. The van der Waals surface area contributed by atoms with Crippen LogP contribution in [0.4, 0.5) is 0 Å². The first-order chi connectivity index (χ1) is 6.66. The first kappa shape index (κ1) is 9.76. The number of halogens is 1. The molecule has 0 aromatic heterocycles. The fraction of sp³-hybridized carbons (Fsp3) is 0.300. The molecule has 1 amide bonds. The predicted molar refractivity (Wildman–Crippen MR) is 61.3 cm³/mol. The van der Waals surface area contributed by atoms with Crippen molar-refractivity contribution < 1.29 is 9.53 Å². The number of carbonyl (C=O) groups excluding carboxylic acids is 1. The summed E-state index contributed by atoms with van der Waals surface area (Å²) in [5, 5.41) is 0. The van der Waals surface area contributed by atoms with Gasteiger partial charge in [0.2, 0.25) is 5.91 Å². The molecule has 74 valence electrons. The predicted octanol–water partition coefficient (Wildman–Crippen LogP) is 1.93. The van der Waals surface area contributed by atoms with Crippen molar-refractivity contribution in [3.05, 3.63) is 27.3 Å². The van der Waals surface area contributed by atoms with E-state index in [0.717, 1.165) is 22.2 Å². The quantitative estimate of drug-likeness (QED) is 0.868. The highest BCUT2D eigenvalue weighted by Gasteiger charge is 2.23. The maximum atomic E-state index is 11.0. The summed E-state index contributed by atoms with van der Waals surface area (Å²) in [5.74, 6) is 0.331. The van der Waals surface area contributed by atoms with Crippen LogP contribution < -0.4 is 10.5 Å². The van der Waals surface area contributed by atoms with Gasteiger partial charge in [-0.1, -0.05) is 0 Å². The van der Waals surface area contributed by atoms with Crippen LogP contribution in [-0.4, -0.2) is 12.0 Å². The number of primary amides is 1. The molecular formula is C10H10INO2. The van der Waals surface area contributed by atoms with E-state index in [4.69, 9.17) is 10.5 Å². The zero-order valence-electron chi connectivity index (χ0n) is 7.50. The highest BCUT2D eigenvalue weighted by atomic mass is 127. The summed E-state index contributed by atoms with van der Waals surface area (Å²) in [6.45, 7) is 0. The molecule has 0 heterocycles. The van der Waals surface area contributed by atoms with Gasteiger partial charge in [-0.2, -0.15) is 0 Å². The Labute approximate surface area is 95.8 Å². The fourth-order valence-electron chi connectivity index (χ4n) is 1.14. The van der Waals surface area contributed by atoms with Crippen molar-refractivity contribution in [1.82, 2.24) is 0 Å². The molecule has 14 heavy (non-hydrogen) atoms. The molecule has 1 saturated carbocycles. The van der Waals surface area contributed by atoms with Crippen molar-refractivity contribution >= 4 is 28.5 Å². The van der Waals surface area contributed by atoms with E-state index in [1.807, 2.05) is 12.1 Å². The van der Waals surface area contributed by atoms with Crippen LogP contribution in [0.5, 0.6) is 5.75 Å². The van der Waals surface area contributed by atoms with Gasteiger partial charge in [-0.25, -0.2) is 0 Å². The number of amides is 1. The molecule has 0 atom stereocenters. The van der Waals surface area contributed by atoms with Gasteiger partial charge in [0.1, 0.15) is 5.75 Å². The van der Waals surface area contributed by atoms with Crippen molar-refractivity contribution in [3.8, 4) is 5.75 Å². The Hall–Kier alpha value is -0.780. The third kappa shape index (κ3) is 2.17. The van der Waals surface area contributed by atoms with Gasteiger partial charge < -0.3 is 10.5 Å². The molecule has 2 N–H and O–H groups in total. The first-order valence-electron chi connectivity index (χ1n) is 4.43. The molecule has 1 fully saturated rings. The van der Waals surface area contributed by atoms with Gasteiger partial charge in [0, 0.05) is 3.57 Å². The monoisotopic (exact) mass is 303 g/mol. The Morgan fingerprint density at radius 1 is 1.50 bits per heavy atom. The first-order valence-corrected chi connectivity index (χ1v) is 5.50. The summed E-state index contributed by atoms with van der Waals surface area (Å²) in [6, 6.07) is 5.42. The average molecular weight is 303 g/mol. The molecule has 0 bridgehead atoms. The minimum absolute atomic E-state index is 0.343. The molecule has 1 aliphatic carbocycles. The second kappa shape index (κ2) is 3.76. The molecule has 1 aliphatic rings. The lowest BCUT2D eigenvalue weighted by Crippen LogP contribution is -2.13. The number of hydrogen-bond acceptors (Lipinski definition) is 2. The lowest BCUT2D eigenvalue weighted by molar-refractivity contribution is 0.0999. The highest BCUT2D eigenvalue weighted by Crippen LogP contribution is 2.28. The molecule has 0 radical (unpaired) electrons. The molecule has 2 rings (SSSR count). The molecule has 3 nitrogen and oxygen atoms in total. The van der Waals surface area contributed by atoms with E-state index >= 15 is 0 Å². The molecule has 0 unspecified atom stereocenters. The number of nitrogens with two attached hydrogens (primary N) is 1. The Morgan fingerprint density at radius 2 is 2.21 bits per heavy atom. The van der Waals surface area contributed by atoms with Crippen molar-refractivity contribution in [3.63, 3.8) is 0 Å². The lowest BCUT2D eigenvalue weighted by Gasteiger charge is -2.06. The summed E-state index contributed by atoms with van der Waals surface area (Å²) < 4.78 is 6.42. The standard InChI is InChI=1S/C10H10INO2/c11-9-4-3-7(14-6-1-2-6)5-8(9)10(12)13/h3-6H,1-2H2,(H2,12,13). The maximum Gasteiger partial charge on any atom is 0.249 e. The van der Waals surface area contributed by atoms with E-state index < -0.39 is 5.91 Å². The normalized spacial score (nSPS) is 15.2. The van der Waals surface area contributed by atoms with Crippen LogP contribution in [0.3, 0.4) is 0 Å². The van der Waals surface area contributed by atoms with E-state index in [2.05, 4.69) is 22.6 Å². The van der Waals surface area contributed by atoms with Crippen molar-refractivity contribution in [2.24, 2.45) is 5.73 Å². The van der Waals surface area contributed by atoms with Crippen LogP contribution in [0.2, 0.25) is 0 Å². The van der Waals surface area contributed by atoms with E-state index in [-0.39, 0.29) is 0 Å². The van der Waals surface area contributed by atoms with Crippen LogP contribution in [0.15, 0.2) is 18.2 Å². The number of hydrogen-bond donors (Lipinski definition) is 1. The van der Waals surface area contributed by atoms with Gasteiger partial charge in [0.05, 0.1) is 11.7 Å². The van der Waals surface area contributed by atoms with Gasteiger partial charge >= 0.3 is 0 Å². The topological polar surface area (TPSA) is 52.3 Å². The van der Waals surface area contributed by atoms with Gasteiger partial charge in [-0.15, -0.1) is 0 Å². The Morgan fingerprint density at radius 3 is 2.79 bits per heavy atom. The maximum absolute atomic E-state index is 11.0. The number of rotatable bonds is 3. The fourth-order valence-corrected chi connectivity index (χ4v) is 1.75. The molecule has 1 aromatic rings. The van der Waals surface area contributed by atoms with Gasteiger partial charge in [0.15, 0.2) is 0 Å². The molecule has 0 saturated heterocycles. The summed E-state index contributed by atoms with van der Waals surface area (Å²) in [5.41, 5.74) is 5.76. The van der Waals surface area contributed by atoms with Crippen molar-refractivity contribution in [2.75, 3.05) is 0 Å². The Kier molecular flexibility index (Phi) is 2.62. The zero-order chi connectivity index (χ0) is 10.1. The SMILES string of the molecule is NC(=O)c1cc(OC2CC2)ccc1I. The smallest absolute Gasteiger partial charge is 0.249 e. The minimum atomic E-state index is -0.407. The van der Waals surface area contributed by atoms with E-state index in [1.165, 1.54) is 0 Å². The van der Waals surface area contributed by atoms with Crippen LogP contribution in [-0.2, 0) is 0 Å². The van der Waals surface area contributed by atoms with Crippen molar-refractivity contribution in [1.29, 1.82) is 0 Å². The van der Waals surface area contributed by atoms with Gasteiger partial charge in [-0.3, -0.25) is 4.79 Å². The van der Waals surface area contributed by atoms with Gasteiger partial charge in [-0.05, 0) is 53.6 Å². The van der Waals surface area contributed by atoms with Crippen LogP contribution in [0.1, 0.15) is 23.2 Å². The summed E-state index contributed by atoms with van der Waals surface area (Å²) in [4.78, 5) is 11.0. The molecule has 4 heteroatoms. The summed E-state index contributed by atoms with van der Waals surface area (Å²) >= 11 is 2.09. The minimum Gasteiger partial charge on any atom is -0.490 e. The number of carbonyl (C=O) groups is 1. The average Bonchev–Trinajstić information content (AvgIpc) is 2.92.